The van der Waals surface area contributed by atoms with Gasteiger partial charge in [-0.25, -0.2) is 9.78 Å². The van der Waals surface area contributed by atoms with Gasteiger partial charge < -0.3 is 15.0 Å². The van der Waals surface area contributed by atoms with Gasteiger partial charge in [0.2, 0.25) is 0 Å². The lowest BCUT2D eigenvalue weighted by atomic mass is 10.2. The van der Waals surface area contributed by atoms with E-state index in [4.69, 9.17) is 5.11 Å². The molecule has 0 aromatic carbocycles. The minimum Gasteiger partial charge on any atom is -0.478 e. The fourth-order valence-electron chi connectivity index (χ4n) is 1.87. The summed E-state index contributed by atoms with van der Waals surface area (Å²) in [6, 6.07) is 4.51. The van der Waals surface area contributed by atoms with E-state index in [1.807, 2.05) is 24.6 Å². The smallest absolute Gasteiger partial charge is 0.335 e. The summed E-state index contributed by atoms with van der Waals surface area (Å²) in [6.45, 7) is 3.93. The Morgan fingerprint density at radius 1 is 1.38 bits per heavy atom. The van der Waals surface area contributed by atoms with Gasteiger partial charge in [-0.2, -0.15) is 0 Å². The number of halogens is 1. The molecule has 0 saturated heterocycles. The number of aromatic carboxylic acids is 1. The molecule has 2 N–H and O–H groups in total. The molecule has 0 fully saturated rings. The van der Waals surface area contributed by atoms with Crippen LogP contribution in [0, 0.1) is 0 Å². The van der Waals surface area contributed by atoms with Crippen molar-refractivity contribution in [1.82, 2.24) is 9.55 Å². The van der Waals surface area contributed by atoms with Crippen molar-refractivity contribution in [2.45, 2.75) is 19.9 Å². The Morgan fingerprint density at radius 2 is 2.10 bits per heavy atom. The summed E-state index contributed by atoms with van der Waals surface area (Å²) in [5.74, 6) is -1.21. The Bertz CT molecular complexity index is 695. The Morgan fingerprint density at radius 3 is 2.71 bits per heavy atom. The fraction of sp³-hybridized carbons (Fsp3) is 0.214. The van der Waals surface area contributed by atoms with E-state index < -0.39 is 5.97 Å². The number of amides is 1. The lowest BCUT2D eigenvalue weighted by Gasteiger charge is -2.12. The topological polar surface area (TPSA) is 84.2 Å². The molecule has 0 radical (unpaired) electrons. The molecule has 1 amide bonds. The molecule has 7 heteroatoms. The SMILES string of the molecule is CC(C)n1cc(Br)cc1C(=O)Nc1cc(C(=O)O)ccn1. The van der Waals surface area contributed by atoms with Crippen molar-refractivity contribution in [3.63, 3.8) is 0 Å². The second-order valence-corrected chi connectivity index (χ2v) is 5.65. The average Bonchev–Trinajstić information content (AvgIpc) is 2.81. The zero-order valence-electron chi connectivity index (χ0n) is 11.5. The zero-order chi connectivity index (χ0) is 15.6. The Kier molecular flexibility index (Phi) is 4.42. The number of nitrogens with zero attached hydrogens (tertiary/aromatic N) is 2. The maximum absolute atomic E-state index is 12.3. The van der Waals surface area contributed by atoms with Crippen molar-refractivity contribution < 1.29 is 14.7 Å². The third-order valence-electron chi connectivity index (χ3n) is 2.85. The quantitative estimate of drug-likeness (QED) is 0.885. The maximum atomic E-state index is 12.3. The minimum atomic E-state index is -1.07. The van der Waals surface area contributed by atoms with E-state index in [9.17, 15) is 9.59 Å². The van der Waals surface area contributed by atoms with Crippen LogP contribution in [0.4, 0.5) is 5.82 Å². The number of aromatic nitrogens is 2. The summed E-state index contributed by atoms with van der Waals surface area (Å²) in [4.78, 5) is 27.2. The highest BCUT2D eigenvalue weighted by molar-refractivity contribution is 9.10. The average molecular weight is 352 g/mol. The molecule has 2 aromatic heterocycles. The first-order valence-electron chi connectivity index (χ1n) is 6.26. The van der Waals surface area contributed by atoms with Crippen LogP contribution in [0.3, 0.4) is 0 Å². The number of pyridine rings is 1. The number of carboxylic acid groups (broad SMARTS) is 1. The van der Waals surface area contributed by atoms with Crippen LogP contribution in [0.5, 0.6) is 0 Å². The molecule has 2 rings (SSSR count). The third kappa shape index (κ3) is 3.49. The normalized spacial score (nSPS) is 10.7. The van der Waals surface area contributed by atoms with Gasteiger partial charge in [-0.05, 0) is 48.0 Å². The third-order valence-corrected chi connectivity index (χ3v) is 3.29. The van der Waals surface area contributed by atoms with Gasteiger partial charge in [-0.1, -0.05) is 0 Å². The molecule has 0 saturated carbocycles. The first-order valence-corrected chi connectivity index (χ1v) is 7.06. The maximum Gasteiger partial charge on any atom is 0.335 e. The molecule has 0 aliphatic carbocycles. The minimum absolute atomic E-state index is 0.0701. The van der Waals surface area contributed by atoms with Crippen molar-refractivity contribution in [2.24, 2.45) is 0 Å². The predicted octanol–water partition coefficient (Wildman–Crippen LogP) is 3.18. The van der Waals surface area contributed by atoms with Crippen LogP contribution in [-0.2, 0) is 0 Å². The zero-order valence-corrected chi connectivity index (χ0v) is 13.1. The van der Waals surface area contributed by atoms with E-state index in [0.29, 0.717) is 5.69 Å². The van der Waals surface area contributed by atoms with Crippen LogP contribution in [0.2, 0.25) is 0 Å². The molecule has 0 bridgehead atoms. The highest BCUT2D eigenvalue weighted by atomic mass is 79.9. The van der Waals surface area contributed by atoms with E-state index in [1.54, 1.807) is 6.07 Å². The van der Waals surface area contributed by atoms with Crippen molar-refractivity contribution in [3.05, 3.63) is 46.3 Å². The van der Waals surface area contributed by atoms with Gasteiger partial charge in [-0.15, -0.1) is 0 Å². The summed E-state index contributed by atoms with van der Waals surface area (Å²) in [7, 11) is 0. The molecule has 0 atom stereocenters. The van der Waals surface area contributed by atoms with E-state index in [-0.39, 0.29) is 23.3 Å². The number of anilines is 1. The highest BCUT2D eigenvalue weighted by Crippen LogP contribution is 2.20. The molecule has 0 aliphatic heterocycles. The van der Waals surface area contributed by atoms with Gasteiger partial charge in [-0.3, -0.25) is 4.79 Å². The van der Waals surface area contributed by atoms with Crippen molar-refractivity contribution in [2.75, 3.05) is 5.32 Å². The van der Waals surface area contributed by atoms with Crippen molar-refractivity contribution >= 4 is 33.6 Å². The summed E-state index contributed by atoms with van der Waals surface area (Å²) < 4.78 is 2.62. The van der Waals surface area contributed by atoms with E-state index in [2.05, 4.69) is 26.2 Å². The van der Waals surface area contributed by atoms with Gasteiger partial charge in [0.05, 0.1) is 5.56 Å². The van der Waals surface area contributed by atoms with Crippen LogP contribution in [0.1, 0.15) is 40.7 Å². The van der Waals surface area contributed by atoms with Gasteiger partial charge in [0.1, 0.15) is 11.5 Å². The number of carboxylic acids is 1. The largest absolute Gasteiger partial charge is 0.478 e. The van der Waals surface area contributed by atoms with E-state index >= 15 is 0 Å². The number of carbonyl (C=O) groups excluding carboxylic acids is 1. The summed E-state index contributed by atoms with van der Waals surface area (Å²) in [6.07, 6.45) is 3.16. The fourth-order valence-corrected chi connectivity index (χ4v) is 2.30. The molecule has 0 aliphatic rings. The highest BCUT2D eigenvalue weighted by Gasteiger charge is 2.16. The number of nitrogens with one attached hydrogen (secondary N) is 1. The summed E-state index contributed by atoms with van der Waals surface area (Å²) >= 11 is 3.34. The first-order chi connectivity index (χ1) is 9.88. The van der Waals surface area contributed by atoms with E-state index in [0.717, 1.165) is 4.47 Å². The Hall–Kier alpha value is -2.15. The standard InChI is InChI=1S/C14H14BrN3O3/c1-8(2)18-7-10(15)6-11(18)13(19)17-12-5-9(14(20)21)3-4-16-12/h3-8H,1-2H3,(H,20,21)(H,16,17,19). The van der Waals surface area contributed by atoms with Gasteiger partial charge >= 0.3 is 5.97 Å². The van der Waals surface area contributed by atoms with Gasteiger partial charge in [0.25, 0.3) is 5.91 Å². The number of rotatable bonds is 4. The number of hydrogen-bond acceptors (Lipinski definition) is 3. The van der Waals surface area contributed by atoms with Crippen LogP contribution >= 0.6 is 15.9 Å². The molecule has 0 unspecified atom stereocenters. The number of carbonyl (C=O) groups is 2. The molecule has 6 nitrogen and oxygen atoms in total. The lowest BCUT2D eigenvalue weighted by Crippen LogP contribution is -2.18. The molecule has 21 heavy (non-hydrogen) atoms. The van der Waals surface area contributed by atoms with Crippen LogP contribution in [-0.4, -0.2) is 26.5 Å². The van der Waals surface area contributed by atoms with Crippen LogP contribution < -0.4 is 5.32 Å². The molecule has 110 valence electrons. The second-order valence-electron chi connectivity index (χ2n) is 4.73. The van der Waals surface area contributed by atoms with Crippen LogP contribution in [0.15, 0.2) is 35.1 Å². The van der Waals surface area contributed by atoms with E-state index in [1.165, 1.54) is 18.3 Å². The first kappa shape index (κ1) is 15.2. The predicted molar refractivity (Wildman–Crippen MR) is 81.7 cm³/mol. The van der Waals surface area contributed by atoms with Crippen molar-refractivity contribution in [1.29, 1.82) is 0 Å². The summed E-state index contributed by atoms with van der Waals surface area (Å²) in [5, 5.41) is 11.5. The van der Waals surface area contributed by atoms with Crippen molar-refractivity contribution in [3.8, 4) is 0 Å². The molecule has 2 aromatic rings. The molecule has 0 spiro atoms. The van der Waals surface area contributed by atoms with Gasteiger partial charge in [0, 0.05) is 22.9 Å². The Balaban J connectivity index is 2.26. The monoisotopic (exact) mass is 351 g/mol. The van der Waals surface area contributed by atoms with Crippen LogP contribution in [0.25, 0.3) is 0 Å². The molecular weight excluding hydrogens is 338 g/mol. The molecule has 2 heterocycles. The number of hydrogen-bond donors (Lipinski definition) is 2. The van der Waals surface area contributed by atoms with Gasteiger partial charge in [0.15, 0.2) is 0 Å². The summed E-state index contributed by atoms with van der Waals surface area (Å²) in [5.41, 5.74) is 0.542. The lowest BCUT2D eigenvalue weighted by molar-refractivity contribution is 0.0696. The Labute approximate surface area is 129 Å². The molecular formula is C14H14BrN3O3. The second kappa shape index (κ2) is 6.09.